The minimum atomic E-state index is 0.665. The van der Waals surface area contributed by atoms with Crippen molar-refractivity contribution in [2.75, 3.05) is 0 Å². The Morgan fingerprint density at radius 3 is 2.88 bits per heavy atom. The molecule has 0 amide bonds. The van der Waals surface area contributed by atoms with Crippen molar-refractivity contribution in [3.63, 3.8) is 0 Å². The summed E-state index contributed by atoms with van der Waals surface area (Å²) in [7, 11) is 0. The molecule has 0 fully saturated rings. The predicted octanol–water partition coefficient (Wildman–Crippen LogP) is 3.07. The third-order valence-electron chi connectivity index (χ3n) is 2.47. The number of nitrogens with one attached hydrogen (secondary N) is 1. The van der Waals surface area contributed by atoms with Crippen LogP contribution in [0.3, 0.4) is 0 Å². The first-order valence-electron chi connectivity index (χ1n) is 5.21. The van der Waals surface area contributed by atoms with E-state index in [4.69, 9.17) is 12.2 Å². The fourth-order valence-electron chi connectivity index (χ4n) is 1.70. The lowest BCUT2D eigenvalue weighted by Gasteiger charge is -2.07. The average molecular weight is 231 g/mol. The van der Waals surface area contributed by atoms with Gasteiger partial charge in [0.05, 0.1) is 12.0 Å². The van der Waals surface area contributed by atoms with Gasteiger partial charge in [0.2, 0.25) is 0 Å². The molecule has 0 aliphatic heterocycles. The van der Waals surface area contributed by atoms with Crippen LogP contribution in [0.25, 0.3) is 11.3 Å². The van der Waals surface area contributed by atoms with E-state index in [1.807, 2.05) is 19.3 Å². The van der Waals surface area contributed by atoms with E-state index >= 15 is 0 Å². The lowest BCUT2D eigenvalue weighted by molar-refractivity contribution is 1.03. The number of aryl methyl sites for hydroxylation is 1. The lowest BCUT2D eigenvalue weighted by atomic mass is 10.1. The second-order valence-corrected chi connectivity index (χ2v) is 4.05. The molecule has 2 rings (SSSR count). The molecule has 3 nitrogen and oxygen atoms in total. The summed E-state index contributed by atoms with van der Waals surface area (Å²) in [5.74, 6) is 0. The van der Waals surface area contributed by atoms with E-state index in [1.165, 1.54) is 0 Å². The van der Waals surface area contributed by atoms with Gasteiger partial charge in [0.25, 0.3) is 0 Å². The third-order valence-corrected chi connectivity index (χ3v) is 2.82. The van der Waals surface area contributed by atoms with E-state index in [-0.39, 0.29) is 0 Å². The molecular weight excluding hydrogens is 218 g/mol. The third kappa shape index (κ3) is 2.02. The first-order chi connectivity index (χ1) is 7.72. The summed E-state index contributed by atoms with van der Waals surface area (Å²) >= 11 is 5.22. The van der Waals surface area contributed by atoms with Crippen molar-refractivity contribution in [3.8, 4) is 11.3 Å². The fourth-order valence-corrected chi connectivity index (χ4v) is 2.00. The maximum atomic E-state index is 5.22. The zero-order chi connectivity index (χ0) is 11.5. The summed E-state index contributed by atoms with van der Waals surface area (Å²) in [6, 6.07) is 2.09. The Morgan fingerprint density at radius 2 is 2.19 bits per heavy atom. The molecule has 0 bridgehead atoms. The molecule has 0 unspecified atom stereocenters. The Labute approximate surface area is 99.6 Å². The van der Waals surface area contributed by atoms with Gasteiger partial charge in [-0.25, -0.2) is 4.98 Å². The molecule has 4 heteroatoms. The second-order valence-electron chi connectivity index (χ2n) is 3.67. The maximum Gasteiger partial charge on any atom is 0.133 e. The SMILES string of the molecule is CCc1c(-c2cncc(C)c2)[nH]cnc1=S. The van der Waals surface area contributed by atoms with Crippen molar-refractivity contribution in [2.45, 2.75) is 20.3 Å². The van der Waals surface area contributed by atoms with Crippen LogP contribution in [0, 0.1) is 11.6 Å². The molecule has 0 atom stereocenters. The van der Waals surface area contributed by atoms with Gasteiger partial charge < -0.3 is 4.98 Å². The first-order valence-corrected chi connectivity index (χ1v) is 5.61. The van der Waals surface area contributed by atoms with Gasteiger partial charge in [-0.2, -0.15) is 0 Å². The Morgan fingerprint density at radius 1 is 1.38 bits per heavy atom. The number of hydrogen-bond acceptors (Lipinski definition) is 3. The average Bonchev–Trinajstić information content (AvgIpc) is 2.28. The van der Waals surface area contributed by atoms with Crippen molar-refractivity contribution in [1.29, 1.82) is 0 Å². The van der Waals surface area contributed by atoms with Gasteiger partial charge in [-0.1, -0.05) is 19.1 Å². The molecule has 0 radical (unpaired) electrons. The van der Waals surface area contributed by atoms with E-state index in [9.17, 15) is 0 Å². The van der Waals surface area contributed by atoms with Crippen LogP contribution in [0.4, 0.5) is 0 Å². The van der Waals surface area contributed by atoms with Gasteiger partial charge in [0.1, 0.15) is 4.64 Å². The molecule has 2 aromatic rings. The quantitative estimate of drug-likeness (QED) is 0.808. The molecule has 0 aliphatic carbocycles. The van der Waals surface area contributed by atoms with Crippen LogP contribution < -0.4 is 0 Å². The van der Waals surface area contributed by atoms with Crippen LogP contribution in [0.15, 0.2) is 24.8 Å². The van der Waals surface area contributed by atoms with Crippen LogP contribution in [0.5, 0.6) is 0 Å². The van der Waals surface area contributed by atoms with Crippen LogP contribution in [0.1, 0.15) is 18.1 Å². The highest BCUT2D eigenvalue weighted by Crippen LogP contribution is 2.21. The second kappa shape index (κ2) is 4.53. The number of nitrogens with zero attached hydrogens (tertiary/aromatic N) is 2. The fraction of sp³-hybridized carbons (Fsp3) is 0.250. The maximum absolute atomic E-state index is 5.22. The van der Waals surface area contributed by atoms with Gasteiger partial charge in [0, 0.05) is 23.5 Å². The summed E-state index contributed by atoms with van der Waals surface area (Å²) in [5.41, 5.74) is 4.30. The topological polar surface area (TPSA) is 41.6 Å². The molecule has 0 aromatic carbocycles. The van der Waals surface area contributed by atoms with Crippen LogP contribution in [-0.2, 0) is 6.42 Å². The van der Waals surface area contributed by atoms with Crippen LogP contribution in [0.2, 0.25) is 0 Å². The van der Waals surface area contributed by atoms with Crippen LogP contribution in [-0.4, -0.2) is 15.0 Å². The van der Waals surface area contributed by atoms with Gasteiger partial charge in [0.15, 0.2) is 0 Å². The molecule has 0 saturated heterocycles. The van der Waals surface area contributed by atoms with Gasteiger partial charge in [-0.15, -0.1) is 0 Å². The van der Waals surface area contributed by atoms with E-state index in [0.717, 1.165) is 28.8 Å². The minimum Gasteiger partial charge on any atom is -0.345 e. The Bertz CT molecular complexity index is 560. The Balaban J connectivity index is 2.64. The normalized spacial score (nSPS) is 10.4. The van der Waals surface area contributed by atoms with Crippen molar-refractivity contribution in [3.05, 3.63) is 40.6 Å². The predicted molar refractivity (Wildman–Crippen MR) is 66.8 cm³/mol. The van der Waals surface area contributed by atoms with E-state index in [0.29, 0.717) is 4.64 Å². The number of aromatic nitrogens is 3. The molecule has 0 spiro atoms. The lowest BCUT2D eigenvalue weighted by Crippen LogP contribution is -1.96. The molecule has 0 aliphatic rings. The van der Waals surface area contributed by atoms with E-state index in [2.05, 4.69) is 27.9 Å². The van der Waals surface area contributed by atoms with E-state index < -0.39 is 0 Å². The molecule has 2 heterocycles. The number of rotatable bonds is 2. The number of H-pyrrole nitrogens is 1. The van der Waals surface area contributed by atoms with Crippen molar-refractivity contribution in [2.24, 2.45) is 0 Å². The van der Waals surface area contributed by atoms with Crippen molar-refractivity contribution < 1.29 is 0 Å². The van der Waals surface area contributed by atoms with Crippen molar-refractivity contribution >= 4 is 12.2 Å². The highest BCUT2D eigenvalue weighted by molar-refractivity contribution is 7.71. The zero-order valence-corrected chi connectivity index (χ0v) is 10.1. The summed E-state index contributed by atoms with van der Waals surface area (Å²) in [5, 5.41) is 0. The zero-order valence-electron chi connectivity index (χ0n) is 9.32. The first kappa shape index (κ1) is 11.0. The molecule has 16 heavy (non-hydrogen) atoms. The van der Waals surface area contributed by atoms with Crippen LogP contribution >= 0.6 is 12.2 Å². The number of hydrogen-bond donors (Lipinski definition) is 1. The van der Waals surface area contributed by atoms with Crippen molar-refractivity contribution in [1.82, 2.24) is 15.0 Å². The number of aromatic amines is 1. The number of pyridine rings is 1. The molecule has 2 aromatic heterocycles. The molecule has 82 valence electrons. The van der Waals surface area contributed by atoms with Gasteiger partial charge in [-0.05, 0) is 25.0 Å². The molecule has 0 saturated carbocycles. The summed E-state index contributed by atoms with van der Waals surface area (Å²) in [4.78, 5) is 11.4. The molecular formula is C12H13N3S. The smallest absolute Gasteiger partial charge is 0.133 e. The summed E-state index contributed by atoms with van der Waals surface area (Å²) in [6.07, 6.45) is 6.18. The summed E-state index contributed by atoms with van der Waals surface area (Å²) < 4.78 is 0.665. The standard InChI is InChI=1S/C12H13N3S/c1-3-10-11(14-7-15-12(10)16)9-4-8(2)5-13-6-9/h4-7H,3H2,1-2H3,(H,14,15,16). The molecule has 1 N–H and O–H groups in total. The van der Waals surface area contributed by atoms with Gasteiger partial charge >= 0.3 is 0 Å². The highest BCUT2D eigenvalue weighted by atomic mass is 32.1. The summed E-state index contributed by atoms with van der Waals surface area (Å²) in [6.45, 7) is 4.10. The Kier molecular flexibility index (Phi) is 3.10. The highest BCUT2D eigenvalue weighted by Gasteiger charge is 2.06. The Hall–Kier alpha value is -1.55. The minimum absolute atomic E-state index is 0.665. The van der Waals surface area contributed by atoms with Gasteiger partial charge in [-0.3, -0.25) is 4.98 Å². The largest absolute Gasteiger partial charge is 0.345 e. The monoisotopic (exact) mass is 231 g/mol. The van der Waals surface area contributed by atoms with E-state index in [1.54, 1.807) is 6.33 Å².